The highest BCUT2D eigenvalue weighted by Crippen LogP contribution is 1.98. The van der Waals surface area contributed by atoms with Gasteiger partial charge in [-0.2, -0.15) is 0 Å². The van der Waals surface area contributed by atoms with Crippen LogP contribution in [0.15, 0.2) is 17.3 Å². The topological polar surface area (TPSA) is 34.9 Å². The van der Waals surface area contributed by atoms with E-state index in [1.54, 1.807) is 17.1 Å². The molecule has 1 rings (SSSR count). The third-order valence-corrected chi connectivity index (χ3v) is 1.87. The Kier molecular flexibility index (Phi) is 2.63. The zero-order valence-corrected chi connectivity index (χ0v) is 7.74. The predicted octanol–water partition coefficient (Wildman–Crippen LogP) is 1.39. The number of hydrogen-bond acceptors (Lipinski definition) is 2. The number of nitrogens with zero attached hydrogens (tertiary/aromatic N) is 2. The van der Waals surface area contributed by atoms with Crippen molar-refractivity contribution in [3.05, 3.63) is 28.4 Å². The molecule has 0 aromatic carbocycles. The first-order chi connectivity index (χ1) is 5.66. The Morgan fingerprint density at radius 3 is 2.75 bits per heavy atom. The minimum absolute atomic E-state index is 0.0856. The molecule has 66 valence electrons. The normalized spacial score (nSPS) is 10.7. The van der Waals surface area contributed by atoms with Crippen LogP contribution in [0.2, 0.25) is 0 Å². The van der Waals surface area contributed by atoms with E-state index in [2.05, 4.69) is 4.98 Å². The van der Waals surface area contributed by atoms with Gasteiger partial charge in [0, 0.05) is 17.8 Å². The predicted molar refractivity (Wildman–Crippen MR) is 48.3 cm³/mol. The number of aromatic nitrogens is 2. The Labute approximate surface area is 72.1 Å². The Bertz CT molecular complexity index is 315. The van der Waals surface area contributed by atoms with E-state index in [-0.39, 0.29) is 11.6 Å². The van der Waals surface area contributed by atoms with E-state index in [0.717, 1.165) is 12.0 Å². The lowest BCUT2D eigenvalue weighted by molar-refractivity contribution is 0.562. The van der Waals surface area contributed by atoms with Gasteiger partial charge in [-0.05, 0) is 20.3 Å². The molecule has 0 spiro atoms. The number of aryl methyl sites for hydroxylation is 1. The molecule has 0 radical (unpaired) electrons. The van der Waals surface area contributed by atoms with Crippen molar-refractivity contribution >= 4 is 0 Å². The summed E-state index contributed by atoms with van der Waals surface area (Å²) in [7, 11) is 0. The summed E-state index contributed by atoms with van der Waals surface area (Å²) in [6.45, 7) is 5.91. The summed E-state index contributed by atoms with van der Waals surface area (Å²) in [6, 6.07) is 0.191. The Morgan fingerprint density at radius 2 is 2.25 bits per heavy atom. The van der Waals surface area contributed by atoms with Crippen molar-refractivity contribution in [2.24, 2.45) is 0 Å². The molecule has 0 N–H and O–H groups in total. The van der Waals surface area contributed by atoms with E-state index in [9.17, 15) is 4.79 Å². The van der Waals surface area contributed by atoms with Crippen LogP contribution in [0.3, 0.4) is 0 Å². The SMILES string of the molecule is CCc1cncn(C(C)C)c1=O. The molecule has 0 unspecified atom stereocenters. The van der Waals surface area contributed by atoms with Crippen molar-refractivity contribution in [3.8, 4) is 0 Å². The molecule has 0 atom stereocenters. The van der Waals surface area contributed by atoms with Crippen molar-refractivity contribution in [1.82, 2.24) is 9.55 Å². The summed E-state index contributed by atoms with van der Waals surface area (Å²) in [6.07, 6.45) is 3.98. The van der Waals surface area contributed by atoms with Gasteiger partial charge in [0.1, 0.15) is 0 Å². The molecule has 0 saturated carbocycles. The molecular weight excluding hydrogens is 152 g/mol. The summed E-state index contributed by atoms with van der Waals surface area (Å²) in [5.74, 6) is 0. The van der Waals surface area contributed by atoms with Gasteiger partial charge in [0.05, 0.1) is 6.33 Å². The zero-order valence-electron chi connectivity index (χ0n) is 7.74. The molecule has 0 bridgehead atoms. The third-order valence-electron chi connectivity index (χ3n) is 1.87. The van der Waals surface area contributed by atoms with Crippen molar-refractivity contribution in [2.75, 3.05) is 0 Å². The van der Waals surface area contributed by atoms with Gasteiger partial charge in [0.25, 0.3) is 5.56 Å². The van der Waals surface area contributed by atoms with E-state index in [0.29, 0.717) is 0 Å². The molecule has 0 aliphatic carbocycles. The van der Waals surface area contributed by atoms with Crippen LogP contribution in [0.4, 0.5) is 0 Å². The van der Waals surface area contributed by atoms with Crippen LogP contribution in [0, 0.1) is 0 Å². The van der Waals surface area contributed by atoms with Gasteiger partial charge >= 0.3 is 0 Å². The maximum absolute atomic E-state index is 11.6. The van der Waals surface area contributed by atoms with E-state index >= 15 is 0 Å². The fourth-order valence-electron chi connectivity index (χ4n) is 1.08. The molecular formula is C9H14N2O. The van der Waals surface area contributed by atoms with Crippen LogP contribution in [0.1, 0.15) is 32.4 Å². The molecule has 3 nitrogen and oxygen atoms in total. The van der Waals surface area contributed by atoms with Crippen LogP contribution in [-0.2, 0) is 6.42 Å². The lowest BCUT2D eigenvalue weighted by Gasteiger charge is -2.09. The maximum Gasteiger partial charge on any atom is 0.256 e. The van der Waals surface area contributed by atoms with Gasteiger partial charge in [-0.25, -0.2) is 4.98 Å². The minimum atomic E-state index is 0.0856. The average molecular weight is 166 g/mol. The van der Waals surface area contributed by atoms with Gasteiger partial charge in [0.2, 0.25) is 0 Å². The fraction of sp³-hybridized carbons (Fsp3) is 0.556. The van der Waals surface area contributed by atoms with Gasteiger partial charge < -0.3 is 0 Å². The summed E-state index contributed by atoms with van der Waals surface area (Å²) in [4.78, 5) is 15.6. The van der Waals surface area contributed by atoms with Gasteiger partial charge in [-0.15, -0.1) is 0 Å². The lowest BCUT2D eigenvalue weighted by atomic mass is 10.2. The van der Waals surface area contributed by atoms with Crippen molar-refractivity contribution < 1.29 is 0 Å². The second kappa shape index (κ2) is 3.52. The van der Waals surface area contributed by atoms with Crippen LogP contribution in [0.5, 0.6) is 0 Å². The molecule has 0 amide bonds. The van der Waals surface area contributed by atoms with Crippen LogP contribution >= 0.6 is 0 Å². The monoisotopic (exact) mass is 166 g/mol. The molecule has 0 aliphatic heterocycles. The molecule has 3 heteroatoms. The average Bonchev–Trinajstić information content (AvgIpc) is 2.04. The van der Waals surface area contributed by atoms with Gasteiger partial charge in [0.15, 0.2) is 0 Å². The van der Waals surface area contributed by atoms with Gasteiger partial charge in [-0.1, -0.05) is 6.92 Å². The first-order valence-corrected chi connectivity index (χ1v) is 4.21. The van der Waals surface area contributed by atoms with Crippen LogP contribution < -0.4 is 5.56 Å². The number of hydrogen-bond donors (Lipinski definition) is 0. The first-order valence-electron chi connectivity index (χ1n) is 4.21. The fourth-order valence-corrected chi connectivity index (χ4v) is 1.08. The Morgan fingerprint density at radius 1 is 1.58 bits per heavy atom. The standard InChI is InChI=1S/C9H14N2O/c1-4-8-5-10-6-11(7(2)3)9(8)12/h5-7H,4H2,1-3H3. The highest BCUT2D eigenvalue weighted by Gasteiger charge is 2.03. The number of rotatable bonds is 2. The minimum Gasteiger partial charge on any atom is -0.296 e. The summed E-state index contributed by atoms with van der Waals surface area (Å²) in [5, 5.41) is 0. The lowest BCUT2D eigenvalue weighted by Crippen LogP contribution is -2.24. The quantitative estimate of drug-likeness (QED) is 0.665. The Balaban J connectivity index is 3.24. The highest BCUT2D eigenvalue weighted by molar-refractivity contribution is 5.04. The van der Waals surface area contributed by atoms with Crippen molar-refractivity contribution in [3.63, 3.8) is 0 Å². The molecule has 0 aliphatic rings. The Hall–Kier alpha value is -1.12. The van der Waals surface area contributed by atoms with E-state index < -0.39 is 0 Å². The summed E-state index contributed by atoms with van der Waals surface area (Å²) >= 11 is 0. The highest BCUT2D eigenvalue weighted by atomic mass is 16.1. The van der Waals surface area contributed by atoms with Crippen molar-refractivity contribution in [1.29, 1.82) is 0 Å². The van der Waals surface area contributed by atoms with Gasteiger partial charge in [-0.3, -0.25) is 9.36 Å². The van der Waals surface area contributed by atoms with Crippen LogP contribution in [0.25, 0.3) is 0 Å². The second-order valence-electron chi connectivity index (χ2n) is 3.08. The second-order valence-corrected chi connectivity index (χ2v) is 3.08. The van der Waals surface area contributed by atoms with Crippen LogP contribution in [-0.4, -0.2) is 9.55 Å². The zero-order chi connectivity index (χ0) is 9.14. The molecule has 1 heterocycles. The molecule has 0 fully saturated rings. The smallest absolute Gasteiger partial charge is 0.256 e. The molecule has 12 heavy (non-hydrogen) atoms. The largest absolute Gasteiger partial charge is 0.296 e. The third kappa shape index (κ3) is 1.55. The summed E-state index contributed by atoms with van der Waals surface area (Å²) in [5.41, 5.74) is 0.869. The molecule has 1 aromatic heterocycles. The van der Waals surface area contributed by atoms with E-state index in [1.165, 1.54) is 0 Å². The summed E-state index contributed by atoms with van der Waals surface area (Å²) < 4.78 is 1.65. The maximum atomic E-state index is 11.6. The first kappa shape index (κ1) is 8.97. The van der Waals surface area contributed by atoms with E-state index in [4.69, 9.17) is 0 Å². The van der Waals surface area contributed by atoms with Crippen molar-refractivity contribution in [2.45, 2.75) is 33.2 Å². The molecule has 1 aromatic rings. The van der Waals surface area contributed by atoms with E-state index in [1.807, 2.05) is 20.8 Å². The molecule has 0 saturated heterocycles.